The molecule has 1 aromatic heterocycles. The van der Waals surface area contributed by atoms with Crippen molar-refractivity contribution in [2.24, 2.45) is 0 Å². The summed E-state index contributed by atoms with van der Waals surface area (Å²) in [5.41, 5.74) is 3.32. The van der Waals surface area contributed by atoms with Gasteiger partial charge in [-0.15, -0.1) is 17.0 Å². The maximum Gasteiger partial charge on any atom is 0.303 e. The number of Topliss-reactive ketones (excluding diaryl/α,β-unsaturated/α-hetero) is 1. The van der Waals surface area contributed by atoms with Gasteiger partial charge in [0.2, 0.25) is 0 Å². The molecule has 0 atom stereocenters. The van der Waals surface area contributed by atoms with Crippen molar-refractivity contribution in [3.8, 4) is 11.5 Å². The first-order chi connectivity index (χ1) is 20.9. The maximum absolute atomic E-state index is 13.9. The van der Waals surface area contributed by atoms with Gasteiger partial charge in [0.1, 0.15) is 17.3 Å². The van der Waals surface area contributed by atoms with Gasteiger partial charge in [0.05, 0.1) is 25.4 Å². The van der Waals surface area contributed by atoms with Gasteiger partial charge in [-0.2, -0.15) is 0 Å². The molecule has 0 saturated carbocycles. The Labute approximate surface area is 275 Å². The molecule has 4 rings (SSSR count). The topological polar surface area (TPSA) is 145 Å². The quantitative estimate of drug-likeness (QED) is 0.176. The fourth-order valence-electron chi connectivity index (χ4n) is 5.65. The van der Waals surface area contributed by atoms with Crippen molar-refractivity contribution in [3.63, 3.8) is 0 Å². The molecule has 3 heterocycles. The Morgan fingerprint density at radius 1 is 1.07 bits per heavy atom. The molecule has 11 nitrogen and oxygen atoms in total. The first-order valence-electron chi connectivity index (χ1n) is 15.5. The normalized spacial score (nSPS) is 14.2. The van der Waals surface area contributed by atoms with Crippen molar-refractivity contribution in [1.29, 1.82) is 5.41 Å². The Kier molecular flexibility index (Phi) is 12.4. The summed E-state index contributed by atoms with van der Waals surface area (Å²) in [6.45, 7) is 11.0. The van der Waals surface area contributed by atoms with Crippen molar-refractivity contribution in [1.82, 2.24) is 15.2 Å². The highest BCUT2D eigenvalue weighted by molar-refractivity contribution is 8.93. The van der Waals surface area contributed by atoms with Crippen LogP contribution >= 0.6 is 17.0 Å². The largest absolute Gasteiger partial charge is 0.491 e. The number of anilines is 1. The van der Waals surface area contributed by atoms with Gasteiger partial charge in [-0.1, -0.05) is 20.8 Å². The van der Waals surface area contributed by atoms with Gasteiger partial charge >= 0.3 is 5.97 Å². The summed E-state index contributed by atoms with van der Waals surface area (Å²) in [5, 5.41) is 20.3. The molecule has 0 radical (unpaired) electrons. The zero-order chi connectivity index (χ0) is 32.0. The van der Waals surface area contributed by atoms with E-state index in [-0.39, 0.29) is 52.7 Å². The van der Waals surface area contributed by atoms with Crippen molar-refractivity contribution < 1.29 is 29.0 Å². The number of carboxylic acids is 1. The smallest absolute Gasteiger partial charge is 0.303 e. The van der Waals surface area contributed by atoms with E-state index in [9.17, 15) is 14.4 Å². The third-order valence-electron chi connectivity index (χ3n) is 7.97. The number of hydrogen-bond acceptors (Lipinski definition) is 8. The number of unbranched alkanes of at least 4 members (excludes halogenated alkanes) is 2. The molecular weight excluding hydrogens is 642 g/mol. The van der Waals surface area contributed by atoms with Crippen LogP contribution in [0.15, 0.2) is 18.2 Å². The number of pyridine rings is 1. The molecule has 1 saturated heterocycles. The molecule has 45 heavy (non-hydrogen) atoms. The van der Waals surface area contributed by atoms with Crippen LogP contribution in [0.5, 0.6) is 11.5 Å². The van der Waals surface area contributed by atoms with Crippen molar-refractivity contribution in [3.05, 3.63) is 46.3 Å². The summed E-state index contributed by atoms with van der Waals surface area (Å²) in [6.07, 6.45) is 4.41. The number of aromatic nitrogens is 1. The molecular formula is C33H46BrN5O6. The lowest BCUT2D eigenvalue weighted by atomic mass is 9.84. The predicted octanol–water partition coefficient (Wildman–Crippen LogP) is 5.36. The van der Waals surface area contributed by atoms with E-state index >= 15 is 0 Å². The Bertz CT molecular complexity index is 1420. The number of amidine groups is 1. The van der Waals surface area contributed by atoms with Crippen LogP contribution < -0.4 is 19.7 Å². The SMILES string of the molecule is Br.CCOc1cc2c(nc1C(=O)NC)C(=N)N(CC(=O)c1cc(N3CCCC3)c(OCCCCCC(=O)O)c(C(C)(C)C)c1)C2. The number of ketones is 1. The van der Waals surface area contributed by atoms with Crippen molar-refractivity contribution in [2.45, 2.75) is 78.2 Å². The van der Waals surface area contributed by atoms with Crippen LogP contribution in [0, 0.1) is 5.41 Å². The van der Waals surface area contributed by atoms with Gasteiger partial charge in [-0.3, -0.25) is 19.8 Å². The molecule has 1 fully saturated rings. The number of amides is 1. The third-order valence-corrected chi connectivity index (χ3v) is 7.97. The number of carboxylic acid groups (broad SMARTS) is 1. The van der Waals surface area contributed by atoms with Crippen LogP contribution in [0.3, 0.4) is 0 Å². The van der Waals surface area contributed by atoms with Gasteiger partial charge in [-0.25, -0.2) is 4.98 Å². The monoisotopic (exact) mass is 687 g/mol. The molecule has 2 aliphatic rings. The van der Waals surface area contributed by atoms with Crippen LogP contribution in [0.4, 0.5) is 5.69 Å². The minimum absolute atomic E-state index is 0. The van der Waals surface area contributed by atoms with Crippen LogP contribution in [-0.2, 0) is 16.8 Å². The van der Waals surface area contributed by atoms with Crippen LogP contribution in [-0.4, -0.2) is 78.4 Å². The van der Waals surface area contributed by atoms with Gasteiger partial charge in [0.25, 0.3) is 5.91 Å². The molecule has 246 valence electrons. The number of rotatable bonds is 14. The minimum Gasteiger partial charge on any atom is -0.491 e. The maximum atomic E-state index is 13.9. The molecule has 1 aromatic carbocycles. The Morgan fingerprint density at radius 3 is 2.40 bits per heavy atom. The van der Waals surface area contributed by atoms with Crippen LogP contribution in [0.25, 0.3) is 0 Å². The lowest BCUT2D eigenvalue weighted by molar-refractivity contribution is -0.137. The highest BCUT2D eigenvalue weighted by atomic mass is 79.9. The van der Waals surface area contributed by atoms with Crippen molar-refractivity contribution in [2.75, 3.05) is 44.8 Å². The van der Waals surface area contributed by atoms with E-state index in [2.05, 4.69) is 36.0 Å². The summed E-state index contributed by atoms with van der Waals surface area (Å²) in [7, 11) is 1.52. The second kappa shape index (κ2) is 15.6. The fourth-order valence-corrected chi connectivity index (χ4v) is 5.65. The van der Waals surface area contributed by atoms with E-state index in [0.717, 1.165) is 61.3 Å². The average Bonchev–Trinajstić information content (AvgIpc) is 3.61. The molecule has 3 N–H and O–H groups in total. The molecule has 1 amide bonds. The standard InChI is InChI=1S/C33H45N5O6.BrH/c1-6-43-26-18-22-19-38(31(34)28(22)36-29(26)32(42)35-5)20-25(39)21-16-23(33(2,3)4)30(24(17-21)37-13-9-10-14-37)44-15-11-7-8-12-27(40)41;/h16-18,34H,6-15,19-20H2,1-5H3,(H,35,42)(H,40,41);1H. The number of ether oxygens (including phenoxy) is 2. The van der Waals surface area contributed by atoms with Crippen LogP contribution in [0.2, 0.25) is 0 Å². The highest BCUT2D eigenvalue weighted by Gasteiger charge is 2.32. The van der Waals surface area contributed by atoms with Crippen molar-refractivity contribution >= 4 is 46.2 Å². The molecule has 0 bridgehead atoms. The lowest BCUT2D eigenvalue weighted by Gasteiger charge is -2.30. The number of nitrogens with one attached hydrogen (secondary N) is 2. The first kappa shape index (κ1) is 35.8. The number of carbonyl (C=O) groups excluding carboxylic acids is 2. The number of nitrogens with zero attached hydrogens (tertiary/aromatic N) is 3. The van der Waals surface area contributed by atoms with E-state index in [1.807, 2.05) is 19.1 Å². The molecule has 0 aliphatic carbocycles. The predicted molar refractivity (Wildman–Crippen MR) is 179 cm³/mol. The third kappa shape index (κ3) is 8.53. The summed E-state index contributed by atoms with van der Waals surface area (Å²) >= 11 is 0. The van der Waals surface area contributed by atoms with E-state index < -0.39 is 11.9 Å². The van der Waals surface area contributed by atoms with E-state index in [1.54, 1.807) is 11.0 Å². The Hall–Kier alpha value is -3.67. The Morgan fingerprint density at radius 2 is 1.78 bits per heavy atom. The van der Waals surface area contributed by atoms with E-state index in [4.69, 9.17) is 20.0 Å². The summed E-state index contributed by atoms with van der Waals surface area (Å²) in [5.74, 6) is -0.0690. The molecule has 12 heteroatoms. The first-order valence-corrected chi connectivity index (χ1v) is 15.5. The Balaban J connectivity index is 0.00000552. The molecule has 0 unspecified atom stereocenters. The number of aliphatic carboxylic acids is 1. The van der Waals surface area contributed by atoms with Crippen LogP contribution in [0.1, 0.15) is 104 Å². The fraction of sp³-hybridized carbons (Fsp3) is 0.545. The molecule has 2 aliphatic heterocycles. The number of carbonyl (C=O) groups is 3. The molecule has 0 spiro atoms. The molecule has 2 aromatic rings. The van der Waals surface area contributed by atoms with Gasteiger partial charge in [0.15, 0.2) is 17.2 Å². The number of fused-ring (bicyclic) bond motifs is 1. The van der Waals surface area contributed by atoms with E-state index in [1.165, 1.54) is 7.05 Å². The second-order valence-electron chi connectivity index (χ2n) is 12.4. The van der Waals surface area contributed by atoms with Gasteiger partial charge < -0.3 is 29.7 Å². The summed E-state index contributed by atoms with van der Waals surface area (Å²) in [4.78, 5) is 45.6. The highest BCUT2D eigenvalue weighted by Crippen LogP contribution is 2.42. The number of hydrogen-bond donors (Lipinski definition) is 3. The second-order valence-corrected chi connectivity index (χ2v) is 12.4. The number of halogens is 1. The summed E-state index contributed by atoms with van der Waals surface area (Å²) in [6, 6.07) is 5.58. The summed E-state index contributed by atoms with van der Waals surface area (Å²) < 4.78 is 12.1. The zero-order valence-corrected chi connectivity index (χ0v) is 28.7. The van der Waals surface area contributed by atoms with Gasteiger partial charge in [-0.05, 0) is 62.6 Å². The average molecular weight is 689 g/mol. The van der Waals surface area contributed by atoms with Gasteiger partial charge in [0, 0.05) is 49.8 Å². The van der Waals surface area contributed by atoms with E-state index in [0.29, 0.717) is 43.2 Å². The number of benzene rings is 1. The minimum atomic E-state index is -0.786. The lowest BCUT2D eigenvalue weighted by Crippen LogP contribution is -2.31. The zero-order valence-electron chi connectivity index (χ0n) is 27.0.